The van der Waals surface area contributed by atoms with Crippen molar-refractivity contribution in [3.8, 4) is 5.75 Å². The second-order valence-corrected chi connectivity index (χ2v) is 4.07. The first-order valence-electron chi connectivity index (χ1n) is 5.41. The van der Waals surface area contributed by atoms with Crippen molar-refractivity contribution in [2.24, 2.45) is 11.7 Å². The van der Waals surface area contributed by atoms with Gasteiger partial charge in [0.2, 0.25) is 0 Å². The van der Waals surface area contributed by atoms with Crippen LogP contribution in [0.5, 0.6) is 5.75 Å². The van der Waals surface area contributed by atoms with E-state index in [1.165, 1.54) is 0 Å². The Balaban J connectivity index is 3.17. The van der Waals surface area contributed by atoms with E-state index in [9.17, 15) is 4.79 Å². The van der Waals surface area contributed by atoms with Gasteiger partial charge in [0.05, 0.1) is 7.11 Å². The quantitative estimate of drug-likeness (QED) is 0.792. The maximum Gasteiger partial charge on any atom is 0.167 e. The third-order valence-electron chi connectivity index (χ3n) is 3.02. The minimum Gasteiger partial charge on any atom is -0.496 e. The summed E-state index contributed by atoms with van der Waals surface area (Å²) in [6, 6.07) is 3.65. The highest BCUT2D eigenvalue weighted by molar-refractivity contribution is 5.99. The van der Waals surface area contributed by atoms with Crippen LogP contribution in [0.3, 0.4) is 0 Å². The molecule has 16 heavy (non-hydrogen) atoms. The Morgan fingerprint density at radius 2 is 2.00 bits per heavy atom. The number of hydrogen-bond donors (Lipinski definition) is 1. The van der Waals surface area contributed by atoms with E-state index in [4.69, 9.17) is 10.5 Å². The molecule has 0 saturated carbocycles. The molecular weight excluding hydrogens is 202 g/mol. The molecule has 0 aliphatic rings. The average Bonchev–Trinajstić information content (AvgIpc) is 2.30. The van der Waals surface area contributed by atoms with Crippen molar-refractivity contribution in [3.05, 3.63) is 28.8 Å². The molecule has 0 heterocycles. The van der Waals surface area contributed by atoms with Crippen LogP contribution in [0.4, 0.5) is 0 Å². The van der Waals surface area contributed by atoms with Crippen molar-refractivity contribution in [1.29, 1.82) is 0 Å². The number of nitrogens with two attached hydrogens (primary N) is 1. The molecule has 3 heteroatoms. The van der Waals surface area contributed by atoms with Gasteiger partial charge in [0.25, 0.3) is 0 Å². The van der Waals surface area contributed by atoms with Crippen molar-refractivity contribution in [2.45, 2.75) is 20.8 Å². The molecule has 1 unspecified atom stereocenters. The third-order valence-corrected chi connectivity index (χ3v) is 3.02. The zero-order valence-electron chi connectivity index (χ0n) is 10.3. The molecule has 2 N–H and O–H groups in total. The molecular formula is C13H19NO2. The van der Waals surface area contributed by atoms with Gasteiger partial charge in [0.1, 0.15) is 5.75 Å². The summed E-state index contributed by atoms with van der Waals surface area (Å²) in [5, 5.41) is 0. The SMILES string of the molecule is COc1ccc(C(=O)C(C)CN)c(C)c1C. The van der Waals surface area contributed by atoms with Gasteiger partial charge in [-0.2, -0.15) is 0 Å². The van der Waals surface area contributed by atoms with Crippen LogP contribution in [0.15, 0.2) is 12.1 Å². The van der Waals surface area contributed by atoms with Gasteiger partial charge >= 0.3 is 0 Å². The van der Waals surface area contributed by atoms with Crippen LogP contribution in [0.2, 0.25) is 0 Å². The molecule has 1 atom stereocenters. The lowest BCUT2D eigenvalue weighted by molar-refractivity contribution is 0.0933. The van der Waals surface area contributed by atoms with E-state index >= 15 is 0 Å². The van der Waals surface area contributed by atoms with Crippen LogP contribution in [0.25, 0.3) is 0 Å². The molecule has 0 saturated heterocycles. The molecule has 0 radical (unpaired) electrons. The minimum atomic E-state index is -0.133. The number of carbonyl (C=O) groups is 1. The summed E-state index contributed by atoms with van der Waals surface area (Å²) in [4.78, 5) is 12.0. The summed E-state index contributed by atoms with van der Waals surface area (Å²) in [5.74, 6) is 0.784. The summed E-state index contributed by atoms with van der Waals surface area (Å²) < 4.78 is 5.21. The number of benzene rings is 1. The standard InChI is InChI=1S/C13H19NO2/c1-8(7-14)13(15)11-5-6-12(16-4)10(3)9(11)2/h5-6,8H,7,14H2,1-4H3. The highest BCUT2D eigenvalue weighted by Crippen LogP contribution is 2.25. The molecule has 1 aromatic carbocycles. The van der Waals surface area contributed by atoms with E-state index in [0.29, 0.717) is 6.54 Å². The topological polar surface area (TPSA) is 52.3 Å². The van der Waals surface area contributed by atoms with Gasteiger partial charge in [-0.05, 0) is 37.1 Å². The number of ketones is 1. The Morgan fingerprint density at radius 3 is 2.50 bits per heavy atom. The first-order valence-corrected chi connectivity index (χ1v) is 5.41. The van der Waals surface area contributed by atoms with Crippen LogP contribution in [-0.2, 0) is 0 Å². The van der Waals surface area contributed by atoms with Gasteiger partial charge < -0.3 is 10.5 Å². The number of rotatable bonds is 4. The van der Waals surface area contributed by atoms with E-state index in [1.807, 2.05) is 32.9 Å². The average molecular weight is 221 g/mol. The maximum atomic E-state index is 12.0. The van der Waals surface area contributed by atoms with Crippen LogP contribution in [-0.4, -0.2) is 19.4 Å². The van der Waals surface area contributed by atoms with Gasteiger partial charge in [0, 0.05) is 18.0 Å². The lowest BCUT2D eigenvalue weighted by Gasteiger charge is -2.14. The second-order valence-electron chi connectivity index (χ2n) is 4.07. The molecule has 1 aromatic rings. The molecule has 0 amide bonds. The Bertz CT molecular complexity index is 399. The third kappa shape index (κ3) is 2.25. The second kappa shape index (κ2) is 5.12. The first-order chi connectivity index (χ1) is 7.52. The number of methoxy groups -OCH3 is 1. The summed E-state index contributed by atoms with van der Waals surface area (Å²) in [7, 11) is 1.63. The van der Waals surface area contributed by atoms with Gasteiger partial charge in [-0.15, -0.1) is 0 Å². The number of carbonyl (C=O) groups excluding carboxylic acids is 1. The number of ether oxygens (including phenoxy) is 1. The van der Waals surface area contributed by atoms with E-state index in [1.54, 1.807) is 7.11 Å². The van der Waals surface area contributed by atoms with Gasteiger partial charge in [-0.3, -0.25) is 4.79 Å². The molecule has 0 aliphatic heterocycles. The smallest absolute Gasteiger partial charge is 0.167 e. The van der Waals surface area contributed by atoms with Crippen molar-refractivity contribution < 1.29 is 9.53 Å². The molecule has 0 fully saturated rings. The van der Waals surface area contributed by atoms with Crippen molar-refractivity contribution in [1.82, 2.24) is 0 Å². The molecule has 1 rings (SSSR count). The lowest BCUT2D eigenvalue weighted by atomic mass is 9.93. The Hall–Kier alpha value is -1.35. The van der Waals surface area contributed by atoms with E-state index in [0.717, 1.165) is 22.4 Å². The molecule has 0 spiro atoms. The molecule has 0 aliphatic carbocycles. The lowest BCUT2D eigenvalue weighted by Crippen LogP contribution is -2.21. The Kier molecular flexibility index (Phi) is 4.07. The molecule has 88 valence electrons. The van der Waals surface area contributed by atoms with Crippen LogP contribution < -0.4 is 10.5 Å². The summed E-state index contributed by atoms with van der Waals surface area (Å²) >= 11 is 0. The minimum absolute atomic E-state index is 0.103. The fraction of sp³-hybridized carbons (Fsp3) is 0.462. The Morgan fingerprint density at radius 1 is 1.38 bits per heavy atom. The summed E-state index contributed by atoms with van der Waals surface area (Å²) in [6.45, 7) is 6.12. The largest absolute Gasteiger partial charge is 0.496 e. The zero-order chi connectivity index (χ0) is 12.3. The maximum absolute atomic E-state index is 12.0. The van der Waals surface area contributed by atoms with Crippen molar-refractivity contribution >= 4 is 5.78 Å². The monoisotopic (exact) mass is 221 g/mol. The van der Waals surface area contributed by atoms with E-state index in [2.05, 4.69) is 0 Å². The van der Waals surface area contributed by atoms with Gasteiger partial charge in [0.15, 0.2) is 5.78 Å². The van der Waals surface area contributed by atoms with Crippen molar-refractivity contribution in [3.63, 3.8) is 0 Å². The fourth-order valence-corrected chi connectivity index (χ4v) is 1.66. The summed E-state index contributed by atoms with van der Waals surface area (Å²) in [6.07, 6.45) is 0. The van der Waals surface area contributed by atoms with Gasteiger partial charge in [-0.1, -0.05) is 6.92 Å². The van der Waals surface area contributed by atoms with Crippen LogP contribution in [0, 0.1) is 19.8 Å². The van der Waals surface area contributed by atoms with Crippen LogP contribution in [0.1, 0.15) is 28.4 Å². The Labute approximate surface area is 96.6 Å². The highest BCUT2D eigenvalue weighted by atomic mass is 16.5. The number of Topliss-reactive ketones (excluding diaryl/α,β-unsaturated/α-hetero) is 1. The molecule has 3 nitrogen and oxygen atoms in total. The predicted molar refractivity (Wildman–Crippen MR) is 65.0 cm³/mol. The predicted octanol–water partition coefficient (Wildman–Crippen LogP) is 2.09. The van der Waals surface area contributed by atoms with Crippen LogP contribution >= 0.6 is 0 Å². The van der Waals surface area contributed by atoms with Gasteiger partial charge in [-0.25, -0.2) is 0 Å². The van der Waals surface area contributed by atoms with Crippen molar-refractivity contribution in [2.75, 3.05) is 13.7 Å². The molecule has 0 aromatic heterocycles. The molecule has 0 bridgehead atoms. The number of hydrogen-bond acceptors (Lipinski definition) is 3. The zero-order valence-corrected chi connectivity index (χ0v) is 10.3. The highest BCUT2D eigenvalue weighted by Gasteiger charge is 2.17. The normalized spacial score (nSPS) is 12.3. The van der Waals surface area contributed by atoms with E-state index < -0.39 is 0 Å². The summed E-state index contributed by atoms with van der Waals surface area (Å²) in [5.41, 5.74) is 8.24. The van der Waals surface area contributed by atoms with E-state index in [-0.39, 0.29) is 11.7 Å². The fourth-order valence-electron chi connectivity index (χ4n) is 1.66. The first kappa shape index (κ1) is 12.7.